The quantitative estimate of drug-likeness (QED) is 0.394. The Labute approximate surface area is 208 Å². The molecule has 0 radical (unpaired) electrons. The zero-order valence-corrected chi connectivity index (χ0v) is 20.9. The summed E-state index contributed by atoms with van der Waals surface area (Å²) in [5, 5.41) is 2.00. The van der Waals surface area contributed by atoms with Crippen molar-refractivity contribution in [3.05, 3.63) is 81.3 Å². The molecule has 2 amide bonds. The zero-order chi connectivity index (χ0) is 24.9. The van der Waals surface area contributed by atoms with Gasteiger partial charge in [-0.15, -0.1) is 11.3 Å². The number of aryl methyl sites for hydroxylation is 1. The maximum Gasteiger partial charge on any atom is 0.254 e. The van der Waals surface area contributed by atoms with Gasteiger partial charge in [-0.05, 0) is 66.6 Å². The fraction of sp³-hybridized carbons (Fsp3) is 0.333. The van der Waals surface area contributed by atoms with Crippen molar-refractivity contribution in [3.63, 3.8) is 0 Å². The summed E-state index contributed by atoms with van der Waals surface area (Å²) in [5.74, 6) is 0.325. The molecule has 0 N–H and O–H groups in total. The Hall–Kier alpha value is -3.39. The number of carbonyl (C=O) groups is 2. The van der Waals surface area contributed by atoms with Gasteiger partial charge in [0.25, 0.3) is 5.91 Å². The van der Waals surface area contributed by atoms with E-state index in [1.54, 1.807) is 51.5 Å². The van der Waals surface area contributed by atoms with Gasteiger partial charge in [-0.25, -0.2) is 4.39 Å². The molecule has 1 heterocycles. The second-order valence-electron chi connectivity index (χ2n) is 8.67. The van der Waals surface area contributed by atoms with E-state index in [1.165, 1.54) is 26.4 Å². The minimum absolute atomic E-state index is 0.0276. The third-order valence-corrected chi connectivity index (χ3v) is 7.10. The van der Waals surface area contributed by atoms with Crippen LogP contribution in [0.3, 0.4) is 0 Å². The van der Waals surface area contributed by atoms with Crippen molar-refractivity contribution >= 4 is 23.2 Å². The van der Waals surface area contributed by atoms with E-state index in [0.29, 0.717) is 30.2 Å². The van der Waals surface area contributed by atoms with Crippen molar-refractivity contribution in [1.82, 2.24) is 9.80 Å². The van der Waals surface area contributed by atoms with Crippen LogP contribution in [0.2, 0.25) is 0 Å². The Kier molecular flexibility index (Phi) is 7.70. The van der Waals surface area contributed by atoms with E-state index >= 15 is 0 Å². The monoisotopic (exact) mass is 496 g/mol. The van der Waals surface area contributed by atoms with E-state index < -0.39 is 0 Å². The Morgan fingerprint density at radius 1 is 1.00 bits per heavy atom. The fourth-order valence-corrected chi connectivity index (χ4v) is 4.80. The number of rotatable bonds is 10. The molecule has 4 rings (SSSR count). The van der Waals surface area contributed by atoms with Crippen LogP contribution in [0.4, 0.5) is 4.39 Å². The van der Waals surface area contributed by atoms with Gasteiger partial charge in [-0.1, -0.05) is 12.1 Å². The predicted octanol–water partition coefficient (Wildman–Crippen LogP) is 5.05. The molecular weight excluding hydrogens is 467 g/mol. The number of amides is 2. The minimum Gasteiger partial charge on any atom is -0.497 e. The van der Waals surface area contributed by atoms with Gasteiger partial charge in [0.2, 0.25) is 5.91 Å². The molecule has 3 aromatic rings. The molecule has 0 aliphatic heterocycles. The summed E-state index contributed by atoms with van der Waals surface area (Å²) in [7, 11) is 3.07. The smallest absolute Gasteiger partial charge is 0.254 e. The van der Waals surface area contributed by atoms with Crippen LogP contribution in [-0.4, -0.2) is 48.4 Å². The molecule has 0 saturated heterocycles. The fourth-order valence-electron chi connectivity index (χ4n) is 3.88. The van der Waals surface area contributed by atoms with Crippen LogP contribution in [-0.2, 0) is 17.9 Å². The molecule has 0 unspecified atom stereocenters. The molecule has 35 heavy (non-hydrogen) atoms. The predicted molar refractivity (Wildman–Crippen MR) is 133 cm³/mol. The Morgan fingerprint density at radius 3 is 2.20 bits per heavy atom. The lowest BCUT2D eigenvalue weighted by atomic mass is 10.1. The highest BCUT2D eigenvalue weighted by Gasteiger charge is 2.35. The second-order valence-corrected chi connectivity index (χ2v) is 9.67. The van der Waals surface area contributed by atoms with Crippen molar-refractivity contribution in [2.75, 3.05) is 20.8 Å². The number of benzene rings is 2. The lowest BCUT2D eigenvalue weighted by Crippen LogP contribution is -2.43. The van der Waals surface area contributed by atoms with Gasteiger partial charge in [0.05, 0.1) is 20.8 Å². The number of hydrogen-bond acceptors (Lipinski definition) is 5. The van der Waals surface area contributed by atoms with Crippen LogP contribution >= 0.6 is 11.3 Å². The number of thiophene rings is 1. The average Bonchev–Trinajstić information content (AvgIpc) is 3.64. The SMILES string of the molecule is COc1cc(OC)cc(C(=O)N(CC(=O)N(Cc2ccc(F)cc2)Cc2sccc2C)C2CC2)c1. The largest absolute Gasteiger partial charge is 0.497 e. The molecule has 1 aliphatic rings. The summed E-state index contributed by atoms with van der Waals surface area (Å²) < 4.78 is 24.1. The maximum atomic E-state index is 13.6. The third-order valence-electron chi connectivity index (χ3n) is 6.09. The summed E-state index contributed by atoms with van der Waals surface area (Å²) in [4.78, 5) is 31.6. The zero-order valence-electron chi connectivity index (χ0n) is 20.1. The lowest BCUT2D eigenvalue weighted by molar-refractivity contribution is -0.133. The topological polar surface area (TPSA) is 59.1 Å². The van der Waals surface area contributed by atoms with Crippen molar-refractivity contribution in [1.29, 1.82) is 0 Å². The second kappa shape index (κ2) is 10.9. The van der Waals surface area contributed by atoms with Gasteiger partial charge >= 0.3 is 0 Å². The first-order chi connectivity index (χ1) is 16.9. The van der Waals surface area contributed by atoms with Crippen molar-refractivity contribution in [2.24, 2.45) is 0 Å². The summed E-state index contributed by atoms with van der Waals surface area (Å²) in [6.45, 7) is 2.74. The highest BCUT2D eigenvalue weighted by Crippen LogP contribution is 2.31. The van der Waals surface area contributed by atoms with E-state index in [4.69, 9.17) is 9.47 Å². The summed E-state index contributed by atoms with van der Waals surface area (Å²) in [5.41, 5.74) is 2.36. The third kappa shape index (κ3) is 6.19. The number of nitrogens with zero attached hydrogens (tertiary/aromatic N) is 2. The van der Waals surface area contributed by atoms with E-state index in [2.05, 4.69) is 0 Å². The minimum atomic E-state index is -0.319. The van der Waals surface area contributed by atoms with E-state index in [-0.39, 0.29) is 30.2 Å². The van der Waals surface area contributed by atoms with Gasteiger partial charge in [0, 0.05) is 29.1 Å². The molecule has 2 aromatic carbocycles. The molecule has 1 aliphatic carbocycles. The first-order valence-corrected chi connectivity index (χ1v) is 12.3. The number of carbonyl (C=O) groups excluding carboxylic acids is 2. The van der Waals surface area contributed by atoms with Gasteiger partial charge < -0.3 is 19.3 Å². The van der Waals surface area contributed by atoms with E-state index in [0.717, 1.165) is 28.8 Å². The molecule has 0 bridgehead atoms. The number of methoxy groups -OCH3 is 2. The summed E-state index contributed by atoms with van der Waals surface area (Å²) in [6, 6.07) is 13.2. The van der Waals surface area contributed by atoms with E-state index in [9.17, 15) is 14.0 Å². The molecule has 1 fully saturated rings. The van der Waals surface area contributed by atoms with Gasteiger partial charge in [-0.3, -0.25) is 9.59 Å². The highest BCUT2D eigenvalue weighted by molar-refractivity contribution is 7.10. The van der Waals surface area contributed by atoms with Gasteiger partial charge in [0.15, 0.2) is 0 Å². The number of hydrogen-bond donors (Lipinski definition) is 0. The number of halogens is 1. The van der Waals surface area contributed by atoms with Crippen LogP contribution in [0.15, 0.2) is 53.9 Å². The van der Waals surface area contributed by atoms with Crippen molar-refractivity contribution in [2.45, 2.75) is 38.9 Å². The molecule has 1 saturated carbocycles. The van der Waals surface area contributed by atoms with Crippen LogP contribution in [0, 0.1) is 12.7 Å². The molecule has 6 nitrogen and oxygen atoms in total. The molecular formula is C27H29FN2O4S. The van der Waals surface area contributed by atoms with Gasteiger partial charge in [-0.2, -0.15) is 0 Å². The highest BCUT2D eigenvalue weighted by atomic mass is 32.1. The average molecular weight is 497 g/mol. The molecule has 0 atom stereocenters. The standard InChI is InChI=1S/C27H29FN2O4S/c1-18-10-11-35-25(18)16-29(15-19-4-6-21(28)7-5-19)26(31)17-30(22-8-9-22)27(32)20-12-23(33-2)14-24(13-20)34-3/h4-7,10-14,22H,8-9,15-17H2,1-3H3. The Bertz CT molecular complexity index is 1170. The molecule has 0 spiro atoms. The van der Waals surface area contributed by atoms with Crippen LogP contribution in [0.25, 0.3) is 0 Å². The van der Waals surface area contributed by atoms with Crippen LogP contribution in [0.1, 0.15) is 39.2 Å². The normalized spacial score (nSPS) is 12.8. The van der Waals surface area contributed by atoms with Crippen LogP contribution < -0.4 is 9.47 Å². The lowest BCUT2D eigenvalue weighted by Gasteiger charge is -2.28. The first-order valence-electron chi connectivity index (χ1n) is 11.5. The van der Waals surface area contributed by atoms with Crippen molar-refractivity contribution < 1.29 is 23.5 Å². The molecule has 8 heteroatoms. The maximum absolute atomic E-state index is 13.6. The van der Waals surface area contributed by atoms with Crippen LogP contribution in [0.5, 0.6) is 11.5 Å². The molecule has 184 valence electrons. The Balaban J connectivity index is 1.57. The summed E-state index contributed by atoms with van der Waals surface area (Å²) in [6.07, 6.45) is 1.73. The number of ether oxygens (including phenoxy) is 2. The summed E-state index contributed by atoms with van der Waals surface area (Å²) >= 11 is 1.59. The van der Waals surface area contributed by atoms with E-state index in [1.807, 2.05) is 18.4 Å². The van der Waals surface area contributed by atoms with Gasteiger partial charge in [0.1, 0.15) is 23.9 Å². The van der Waals surface area contributed by atoms with Crippen molar-refractivity contribution in [3.8, 4) is 11.5 Å². The Morgan fingerprint density at radius 2 is 1.66 bits per heavy atom. The first kappa shape index (κ1) is 24.7. The molecule has 1 aromatic heterocycles.